The lowest BCUT2D eigenvalue weighted by Gasteiger charge is -2.13. The molecular weight excluding hydrogens is 286 g/mol. The summed E-state index contributed by atoms with van der Waals surface area (Å²) in [6.45, 7) is 3.84. The molecule has 0 heterocycles. The molecule has 0 radical (unpaired) electrons. The molecule has 1 aromatic rings. The highest BCUT2D eigenvalue weighted by atomic mass is 32.2. The van der Waals surface area contributed by atoms with Gasteiger partial charge in [0.2, 0.25) is 10.0 Å². The lowest BCUT2D eigenvalue weighted by Crippen LogP contribution is -2.31. The van der Waals surface area contributed by atoms with Crippen molar-refractivity contribution in [2.75, 3.05) is 27.2 Å². The van der Waals surface area contributed by atoms with Crippen LogP contribution in [-0.4, -0.2) is 46.5 Å². The smallest absolute Gasteiger partial charge is 0.240 e. The lowest BCUT2D eigenvalue weighted by molar-refractivity contribution is 0.412. The van der Waals surface area contributed by atoms with Crippen molar-refractivity contribution in [3.63, 3.8) is 0 Å². The van der Waals surface area contributed by atoms with Crippen molar-refractivity contribution in [3.05, 3.63) is 29.3 Å². The Bertz CT molecular complexity index is 581. The molecular formula is C15H25N3O2S. The number of nitrogens with one attached hydrogen (secondary N) is 2. The van der Waals surface area contributed by atoms with Crippen LogP contribution < -0.4 is 10.0 Å². The fourth-order valence-electron chi connectivity index (χ4n) is 2.03. The van der Waals surface area contributed by atoms with Crippen LogP contribution in [0.15, 0.2) is 23.1 Å². The summed E-state index contributed by atoms with van der Waals surface area (Å²) in [5.41, 5.74) is 2.17. The van der Waals surface area contributed by atoms with Gasteiger partial charge in [-0.2, -0.15) is 0 Å². The second-order valence-electron chi connectivity index (χ2n) is 5.94. The summed E-state index contributed by atoms with van der Waals surface area (Å²) in [6.07, 6.45) is 2.45. The van der Waals surface area contributed by atoms with Crippen LogP contribution in [0.25, 0.3) is 0 Å². The van der Waals surface area contributed by atoms with E-state index in [1.165, 1.54) is 12.8 Å². The average Bonchev–Trinajstić information content (AvgIpc) is 3.21. The second kappa shape index (κ2) is 6.87. The van der Waals surface area contributed by atoms with Gasteiger partial charge in [0.25, 0.3) is 0 Å². The monoisotopic (exact) mass is 311 g/mol. The largest absolute Gasteiger partial charge is 0.310 e. The Kier molecular flexibility index (Phi) is 5.37. The zero-order valence-electron chi connectivity index (χ0n) is 13.0. The standard InChI is InChI=1S/C15H25N3O2S/c1-12-4-7-15(10-13(12)11-16-14-5-6-14)21(19,20)17-8-9-18(2)3/h4,7,10,14,16-17H,5-6,8-9,11H2,1-3H3. The number of likely N-dealkylation sites (N-methyl/N-ethyl adjacent to an activating group) is 1. The van der Waals surface area contributed by atoms with E-state index in [0.29, 0.717) is 24.0 Å². The summed E-state index contributed by atoms with van der Waals surface area (Å²) in [4.78, 5) is 2.29. The molecule has 2 N–H and O–H groups in total. The van der Waals surface area contributed by atoms with E-state index in [1.54, 1.807) is 12.1 Å². The van der Waals surface area contributed by atoms with Crippen molar-refractivity contribution in [2.45, 2.75) is 37.2 Å². The summed E-state index contributed by atoms with van der Waals surface area (Å²) in [5.74, 6) is 0. The van der Waals surface area contributed by atoms with E-state index in [9.17, 15) is 8.42 Å². The normalized spacial score (nSPS) is 15.6. The first-order valence-electron chi connectivity index (χ1n) is 7.36. The Morgan fingerprint density at radius 3 is 2.62 bits per heavy atom. The Morgan fingerprint density at radius 2 is 2.00 bits per heavy atom. The fraction of sp³-hybridized carbons (Fsp3) is 0.600. The summed E-state index contributed by atoms with van der Waals surface area (Å²) in [5, 5.41) is 3.43. The fourth-order valence-corrected chi connectivity index (χ4v) is 3.11. The number of nitrogens with zero attached hydrogens (tertiary/aromatic N) is 1. The summed E-state index contributed by atoms with van der Waals surface area (Å²) >= 11 is 0. The van der Waals surface area contributed by atoms with Crippen molar-refractivity contribution in [2.24, 2.45) is 0 Å². The number of aryl methyl sites for hydroxylation is 1. The van der Waals surface area contributed by atoms with Gasteiger partial charge in [-0.15, -0.1) is 0 Å². The predicted octanol–water partition coefficient (Wildman–Crippen LogP) is 1.09. The predicted molar refractivity (Wildman–Crippen MR) is 84.8 cm³/mol. The van der Waals surface area contributed by atoms with Crippen LogP contribution >= 0.6 is 0 Å². The van der Waals surface area contributed by atoms with Crippen LogP contribution in [0.3, 0.4) is 0 Å². The maximum atomic E-state index is 12.3. The molecule has 0 aliphatic heterocycles. The van der Waals surface area contributed by atoms with Crippen LogP contribution in [0.5, 0.6) is 0 Å². The zero-order valence-corrected chi connectivity index (χ0v) is 13.8. The first kappa shape index (κ1) is 16.4. The van der Waals surface area contributed by atoms with E-state index in [2.05, 4.69) is 10.0 Å². The Balaban J connectivity index is 2.05. The molecule has 5 nitrogen and oxygen atoms in total. The molecule has 6 heteroatoms. The van der Waals surface area contributed by atoms with Gasteiger partial charge in [0.1, 0.15) is 0 Å². The zero-order chi connectivity index (χ0) is 15.5. The minimum absolute atomic E-state index is 0.347. The Labute approximate surface area is 127 Å². The number of hydrogen-bond donors (Lipinski definition) is 2. The van der Waals surface area contributed by atoms with Gasteiger partial charge in [-0.3, -0.25) is 0 Å². The van der Waals surface area contributed by atoms with E-state index in [-0.39, 0.29) is 0 Å². The third kappa shape index (κ3) is 5.07. The maximum absolute atomic E-state index is 12.3. The molecule has 0 atom stereocenters. The molecule has 0 unspecified atom stereocenters. The van der Waals surface area contributed by atoms with Gasteiger partial charge in [-0.25, -0.2) is 13.1 Å². The van der Waals surface area contributed by atoms with E-state index in [0.717, 1.165) is 17.7 Å². The molecule has 1 saturated carbocycles. The summed E-state index contributed by atoms with van der Waals surface area (Å²) in [7, 11) is 0.414. The first-order valence-corrected chi connectivity index (χ1v) is 8.84. The van der Waals surface area contributed by atoms with Crippen LogP contribution in [-0.2, 0) is 16.6 Å². The van der Waals surface area contributed by atoms with E-state index in [1.807, 2.05) is 32.0 Å². The maximum Gasteiger partial charge on any atom is 0.240 e. The molecule has 0 spiro atoms. The number of sulfonamides is 1. The Morgan fingerprint density at radius 1 is 1.29 bits per heavy atom. The van der Waals surface area contributed by atoms with Gasteiger partial charge in [-0.05, 0) is 57.1 Å². The molecule has 118 valence electrons. The molecule has 0 saturated heterocycles. The van der Waals surface area contributed by atoms with Gasteiger partial charge < -0.3 is 10.2 Å². The molecule has 0 aromatic heterocycles. The SMILES string of the molecule is Cc1ccc(S(=O)(=O)NCCN(C)C)cc1CNC1CC1. The molecule has 21 heavy (non-hydrogen) atoms. The molecule has 0 bridgehead atoms. The highest BCUT2D eigenvalue weighted by Crippen LogP contribution is 2.21. The lowest BCUT2D eigenvalue weighted by atomic mass is 10.1. The third-order valence-electron chi connectivity index (χ3n) is 3.64. The number of benzene rings is 1. The minimum Gasteiger partial charge on any atom is -0.310 e. The molecule has 2 rings (SSSR count). The quantitative estimate of drug-likeness (QED) is 0.754. The van der Waals surface area contributed by atoms with Gasteiger partial charge >= 0.3 is 0 Å². The molecule has 1 fully saturated rings. The van der Waals surface area contributed by atoms with Crippen molar-refractivity contribution >= 4 is 10.0 Å². The van der Waals surface area contributed by atoms with Gasteiger partial charge in [0.05, 0.1) is 4.90 Å². The number of hydrogen-bond acceptors (Lipinski definition) is 4. The highest BCUT2D eigenvalue weighted by molar-refractivity contribution is 7.89. The molecule has 0 amide bonds. The van der Waals surface area contributed by atoms with Crippen LogP contribution in [0.4, 0.5) is 0 Å². The van der Waals surface area contributed by atoms with Crippen LogP contribution in [0.2, 0.25) is 0 Å². The number of rotatable bonds is 8. The van der Waals surface area contributed by atoms with Gasteiger partial charge in [-0.1, -0.05) is 6.07 Å². The summed E-state index contributed by atoms with van der Waals surface area (Å²) in [6, 6.07) is 5.95. The molecule has 1 aliphatic rings. The second-order valence-corrected chi connectivity index (χ2v) is 7.71. The van der Waals surface area contributed by atoms with Crippen molar-refractivity contribution < 1.29 is 8.42 Å². The van der Waals surface area contributed by atoms with Gasteiger partial charge in [0.15, 0.2) is 0 Å². The van der Waals surface area contributed by atoms with Crippen LogP contribution in [0, 0.1) is 6.92 Å². The highest BCUT2D eigenvalue weighted by Gasteiger charge is 2.21. The molecule has 1 aliphatic carbocycles. The topological polar surface area (TPSA) is 61.4 Å². The van der Waals surface area contributed by atoms with Crippen molar-refractivity contribution in [1.29, 1.82) is 0 Å². The first-order chi connectivity index (χ1) is 9.88. The van der Waals surface area contributed by atoms with E-state index < -0.39 is 10.0 Å². The van der Waals surface area contributed by atoms with E-state index >= 15 is 0 Å². The average molecular weight is 311 g/mol. The van der Waals surface area contributed by atoms with Gasteiger partial charge in [0, 0.05) is 25.7 Å². The van der Waals surface area contributed by atoms with Crippen LogP contribution in [0.1, 0.15) is 24.0 Å². The minimum atomic E-state index is -3.42. The van der Waals surface area contributed by atoms with Crippen molar-refractivity contribution in [3.8, 4) is 0 Å². The Hall–Kier alpha value is -0.950. The van der Waals surface area contributed by atoms with E-state index in [4.69, 9.17) is 0 Å². The van der Waals surface area contributed by atoms with Crippen molar-refractivity contribution in [1.82, 2.24) is 14.9 Å². The third-order valence-corrected chi connectivity index (χ3v) is 5.10. The molecule has 1 aromatic carbocycles. The summed E-state index contributed by atoms with van der Waals surface area (Å²) < 4.78 is 27.2.